The number of hydrogen-bond acceptors (Lipinski definition) is 2. The van der Waals surface area contributed by atoms with Gasteiger partial charge in [0, 0.05) is 31.0 Å². The van der Waals surface area contributed by atoms with E-state index in [1.165, 1.54) is 23.6 Å². The third-order valence-electron chi connectivity index (χ3n) is 3.57. The van der Waals surface area contributed by atoms with Crippen LogP contribution in [0, 0.1) is 0 Å². The Bertz CT molecular complexity index is 592. The van der Waals surface area contributed by atoms with Gasteiger partial charge >= 0.3 is 6.55 Å². The van der Waals surface area contributed by atoms with Crippen molar-refractivity contribution in [1.82, 2.24) is 9.78 Å². The summed E-state index contributed by atoms with van der Waals surface area (Å²) in [5.74, 6) is 0. The molecule has 0 amide bonds. The van der Waals surface area contributed by atoms with Crippen LogP contribution in [0.2, 0.25) is 0 Å². The molecular weight excluding hydrogens is 248 g/mol. The highest BCUT2D eigenvalue weighted by Gasteiger charge is 2.15. The average molecular weight is 263 g/mol. The summed E-state index contributed by atoms with van der Waals surface area (Å²) in [6.07, 6.45) is 5.04. The van der Waals surface area contributed by atoms with Crippen LogP contribution in [0.15, 0.2) is 30.6 Å². The third kappa shape index (κ3) is 2.20. The molecule has 0 radical (unpaired) electrons. The first-order chi connectivity index (χ1) is 9.15. The predicted octanol–water partition coefficient (Wildman–Crippen LogP) is 3.33. The van der Waals surface area contributed by atoms with Gasteiger partial charge in [0.05, 0.1) is 6.20 Å². The molecule has 1 aliphatic heterocycles. The van der Waals surface area contributed by atoms with Gasteiger partial charge in [-0.2, -0.15) is 13.9 Å². The predicted molar refractivity (Wildman–Crippen MR) is 70.5 cm³/mol. The summed E-state index contributed by atoms with van der Waals surface area (Å²) >= 11 is 0. The van der Waals surface area contributed by atoms with Gasteiger partial charge in [0.1, 0.15) is 0 Å². The van der Waals surface area contributed by atoms with Gasteiger partial charge in [-0.3, -0.25) is 0 Å². The van der Waals surface area contributed by atoms with Gasteiger partial charge in [-0.25, -0.2) is 4.68 Å². The fourth-order valence-electron chi connectivity index (χ4n) is 2.56. The fraction of sp³-hybridized carbons (Fsp3) is 0.357. The Labute approximate surface area is 110 Å². The van der Waals surface area contributed by atoms with Crippen LogP contribution in [0.4, 0.5) is 14.5 Å². The highest BCUT2D eigenvalue weighted by molar-refractivity contribution is 5.68. The van der Waals surface area contributed by atoms with Crippen LogP contribution in [0.25, 0.3) is 11.1 Å². The van der Waals surface area contributed by atoms with Gasteiger partial charge in [0.25, 0.3) is 0 Å². The Morgan fingerprint density at radius 3 is 2.84 bits per heavy atom. The Balaban J connectivity index is 1.97. The van der Waals surface area contributed by atoms with Crippen LogP contribution >= 0.6 is 0 Å². The highest BCUT2D eigenvalue weighted by atomic mass is 19.3. The minimum Gasteiger partial charge on any atom is -0.374 e. The van der Waals surface area contributed by atoms with Gasteiger partial charge < -0.3 is 4.90 Å². The monoisotopic (exact) mass is 263 g/mol. The van der Waals surface area contributed by atoms with Crippen molar-refractivity contribution in [3.8, 4) is 11.1 Å². The molecule has 0 spiro atoms. The molecule has 1 aliphatic rings. The standard InChI is InChI=1S/C14H15F2N3/c1-18-6-2-3-11-7-10(4-5-13(11)18)12-8-17-19(9-12)14(15)16/h4-5,7-9,14H,2-3,6H2,1H3. The van der Waals surface area contributed by atoms with Crippen LogP contribution in [-0.4, -0.2) is 23.4 Å². The number of fused-ring (bicyclic) bond motifs is 1. The second-order valence-corrected chi connectivity index (χ2v) is 4.86. The smallest absolute Gasteiger partial charge is 0.333 e. The molecule has 3 nitrogen and oxygen atoms in total. The third-order valence-corrected chi connectivity index (χ3v) is 3.57. The molecule has 0 unspecified atom stereocenters. The molecule has 100 valence electrons. The van der Waals surface area contributed by atoms with Gasteiger partial charge in [-0.15, -0.1) is 0 Å². The molecule has 0 N–H and O–H groups in total. The number of nitrogens with zero attached hydrogens (tertiary/aromatic N) is 3. The van der Waals surface area contributed by atoms with Crippen LogP contribution in [0.5, 0.6) is 0 Å². The van der Waals surface area contributed by atoms with Crippen molar-refractivity contribution in [1.29, 1.82) is 0 Å². The lowest BCUT2D eigenvalue weighted by atomic mass is 9.98. The summed E-state index contributed by atoms with van der Waals surface area (Å²) in [6, 6.07) is 6.11. The second kappa shape index (κ2) is 4.64. The van der Waals surface area contributed by atoms with Crippen molar-refractivity contribution < 1.29 is 8.78 Å². The molecule has 3 rings (SSSR count). The van der Waals surface area contributed by atoms with Gasteiger partial charge in [-0.05, 0) is 36.1 Å². The highest BCUT2D eigenvalue weighted by Crippen LogP contribution is 2.31. The molecule has 19 heavy (non-hydrogen) atoms. The van der Waals surface area contributed by atoms with E-state index in [1.54, 1.807) is 0 Å². The van der Waals surface area contributed by atoms with Gasteiger partial charge in [-0.1, -0.05) is 6.07 Å². The zero-order valence-corrected chi connectivity index (χ0v) is 10.7. The molecular formula is C14H15F2N3. The summed E-state index contributed by atoms with van der Waals surface area (Å²) in [6.45, 7) is -1.52. The first-order valence-electron chi connectivity index (χ1n) is 6.32. The van der Waals surface area contributed by atoms with Crippen molar-refractivity contribution in [3.63, 3.8) is 0 Å². The zero-order valence-electron chi connectivity index (χ0n) is 10.7. The number of hydrogen-bond donors (Lipinski definition) is 0. The Morgan fingerprint density at radius 1 is 1.26 bits per heavy atom. The van der Waals surface area contributed by atoms with Gasteiger partial charge in [0.2, 0.25) is 0 Å². The maximum absolute atomic E-state index is 12.5. The summed E-state index contributed by atoms with van der Waals surface area (Å²) in [4.78, 5) is 2.23. The molecule has 5 heteroatoms. The Kier molecular flexibility index (Phi) is 2.97. The van der Waals surface area contributed by atoms with E-state index in [0.29, 0.717) is 4.68 Å². The number of halogens is 2. The molecule has 0 saturated heterocycles. The van der Waals surface area contributed by atoms with E-state index in [9.17, 15) is 8.78 Å². The van der Waals surface area contributed by atoms with Crippen molar-refractivity contribution in [3.05, 3.63) is 36.2 Å². The summed E-state index contributed by atoms with van der Waals surface area (Å²) in [5.41, 5.74) is 4.18. The van der Waals surface area contributed by atoms with E-state index < -0.39 is 6.55 Å². The topological polar surface area (TPSA) is 21.1 Å². The second-order valence-electron chi connectivity index (χ2n) is 4.86. The van der Waals surface area contributed by atoms with Crippen molar-refractivity contribution in [2.45, 2.75) is 19.4 Å². The van der Waals surface area contributed by atoms with Crippen molar-refractivity contribution in [2.75, 3.05) is 18.5 Å². The Hall–Kier alpha value is -1.91. The number of rotatable bonds is 2. The SMILES string of the molecule is CN1CCCc2cc(-c3cnn(C(F)F)c3)ccc21. The maximum atomic E-state index is 12.5. The first kappa shape index (κ1) is 12.1. The van der Waals surface area contributed by atoms with E-state index in [-0.39, 0.29) is 0 Å². The average Bonchev–Trinajstić information content (AvgIpc) is 2.88. The van der Waals surface area contributed by atoms with Crippen LogP contribution in [0.1, 0.15) is 18.5 Å². The van der Waals surface area contributed by atoms with Crippen LogP contribution < -0.4 is 4.90 Å². The molecule has 0 atom stereocenters. The quantitative estimate of drug-likeness (QED) is 0.828. The van der Waals surface area contributed by atoms with Crippen molar-refractivity contribution >= 4 is 5.69 Å². The zero-order chi connectivity index (χ0) is 13.4. The number of anilines is 1. The summed E-state index contributed by atoms with van der Waals surface area (Å²) < 4.78 is 25.7. The lowest BCUT2D eigenvalue weighted by molar-refractivity contribution is 0.0566. The maximum Gasteiger partial charge on any atom is 0.333 e. The molecule has 1 aromatic carbocycles. The minimum absolute atomic E-state index is 0.681. The molecule has 2 aromatic rings. The lowest BCUT2D eigenvalue weighted by Crippen LogP contribution is -2.24. The Morgan fingerprint density at radius 2 is 2.11 bits per heavy atom. The minimum atomic E-state index is -2.59. The number of alkyl halides is 2. The van der Waals surface area contributed by atoms with Crippen molar-refractivity contribution in [2.24, 2.45) is 0 Å². The molecule has 1 aromatic heterocycles. The summed E-state index contributed by atoms with van der Waals surface area (Å²) in [7, 11) is 2.08. The van der Waals surface area contributed by atoms with Crippen LogP contribution in [-0.2, 0) is 6.42 Å². The molecule has 0 aliphatic carbocycles. The van der Waals surface area contributed by atoms with E-state index in [1.807, 2.05) is 6.07 Å². The lowest BCUT2D eigenvalue weighted by Gasteiger charge is -2.27. The van der Waals surface area contributed by atoms with Gasteiger partial charge in [0.15, 0.2) is 0 Å². The molecule has 2 heterocycles. The molecule has 0 fully saturated rings. The largest absolute Gasteiger partial charge is 0.374 e. The normalized spacial score (nSPS) is 14.8. The van der Waals surface area contributed by atoms with Crippen LogP contribution in [0.3, 0.4) is 0 Å². The van der Waals surface area contributed by atoms with E-state index in [0.717, 1.165) is 30.5 Å². The fourth-order valence-corrected chi connectivity index (χ4v) is 2.56. The number of aryl methyl sites for hydroxylation is 1. The molecule has 0 saturated carbocycles. The van der Waals surface area contributed by atoms with E-state index in [4.69, 9.17) is 0 Å². The summed E-state index contributed by atoms with van der Waals surface area (Å²) in [5, 5.41) is 3.68. The molecule has 0 bridgehead atoms. The van der Waals surface area contributed by atoms with E-state index in [2.05, 4.69) is 29.2 Å². The van der Waals surface area contributed by atoms with E-state index >= 15 is 0 Å². The number of aromatic nitrogens is 2. The first-order valence-corrected chi connectivity index (χ1v) is 6.32. The number of benzene rings is 1.